The molecule has 96 valence electrons. The molecule has 19 heavy (non-hydrogen) atoms. The monoisotopic (exact) mass is 254 g/mol. The molecule has 3 aromatic rings. The van der Waals surface area contributed by atoms with Crippen LogP contribution in [-0.4, -0.2) is 15.0 Å². The summed E-state index contributed by atoms with van der Waals surface area (Å²) in [6.07, 6.45) is 0. The van der Waals surface area contributed by atoms with Gasteiger partial charge in [-0.1, -0.05) is 32.0 Å². The lowest BCUT2D eigenvalue weighted by molar-refractivity contribution is 0.622. The van der Waals surface area contributed by atoms with Crippen LogP contribution >= 0.6 is 0 Å². The second-order valence-corrected chi connectivity index (χ2v) is 4.68. The summed E-state index contributed by atoms with van der Waals surface area (Å²) in [4.78, 5) is 12.7. The predicted molar refractivity (Wildman–Crippen MR) is 73.5 cm³/mol. The van der Waals surface area contributed by atoms with Crippen molar-refractivity contribution in [3.05, 3.63) is 36.2 Å². The first kappa shape index (κ1) is 11.6. The molecular formula is C14H14N4O. The van der Waals surface area contributed by atoms with E-state index in [9.17, 15) is 0 Å². The highest BCUT2D eigenvalue weighted by atomic mass is 16.3. The van der Waals surface area contributed by atoms with E-state index in [1.165, 1.54) is 0 Å². The van der Waals surface area contributed by atoms with Crippen molar-refractivity contribution in [3.8, 4) is 11.6 Å². The molecule has 5 nitrogen and oxygen atoms in total. The van der Waals surface area contributed by atoms with Crippen LogP contribution < -0.4 is 5.73 Å². The Balaban J connectivity index is 2.15. The number of benzene rings is 1. The number of nitrogens with two attached hydrogens (primary N) is 1. The molecule has 0 aliphatic heterocycles. The van der Waals surface area contributed by atoms with Crippen LogP contribution in [0.4, 0.5) is 5.95 Å². The lowest BCUT2D eigenvalue weighted by atomic mass is 10.2. The van der Waals surface area contributed by atoms with E-state index in [2.05, 4.69) is 15.0 Å². The van der Waals surface area contributed by atoms with E-state index in [0.717, 1.165) is 11.0 Å². The van der Waals surface area contributed by atoms with Gasteiger partial charge in [-0.25, -0.2) is 4.98 Å². The first-order valence-corrected chi connectivity index (χ1v) is 6.14. The number of furan rings is 1. The predicted octanol–water partition coefficient (Wildman–Crippen LogP) is 2.99. The van der Waals surface area contributed by atoms with Crippen molar-refractivity contribution in [3.63, 3.8) is 0 Å². The molecule has 0 aliphatic rings. The van der Waals surface area contributed by atoms with Crippen molar-refractivity contribution in [2.24, 2.45) is 0 Å². The van der Waals surface area contributed by atoms with Crippen LogP contribution in [0, 0.1) is 0 Å². The average molecular weight is 254 g/mol. The Kier molecular flexibility index (Phi) is 2.67. The highest BCUT2D eigenvalue weighted by Gasteiger charge is 2.13. The number of nitrogens with zero attached hydrogens (tertiary/aromatic N) is 3. The fourth-order valence-corrected chi connectivity index (χ4v) is 1.87. The molecule has 2 N–H and O–H groups in total. The molecule has 0 fully saturated rings. The number of anilines is 1. The Labute approximate surface area is 110 Å². The molecule has 0 unspecified atom stereocenters. The lowest BCUT2D eigenvalue weighted by Crippen LogP contribution is -2.05. The van der Waals surface area contributed by atoms with Gasteiger partial charge in [0.15, 0.2) is 5.76 Å². The van der Waals surface area contributed by atoms with Gasteiger partial charge in [0.2, 0.25) is 11.8 Å². The van der Waals surface area contributed by atoms with Gasteiger partial charge in [-0.05, 0) is 12.1 Å². The first-order chi connectivity index (χ1) is 9.13. The van der Waals surface area contributed by atoms with Crippen LogP contribution in [0.2, 0.25) is 0 Å². The van der Waals surface area contributed by atoms with Crippen LogP contribution in [-0.2, 0) is 0 Å². The number of hydrogen-bond donors (Lipinski definition) is 1. The summed E-state index contributed by atoms with van der Waals surface area (Å²) in [7, 11) is 0. The molecule has 0 amide bonds. The maximum absolute atomic E-state index is 5.74. The molecule has 0 saturated heterocycles. The fraction of sp³-hybridized carbons (Fsp3) is 0.214. The third-order valence-electron chi connectivity index (χ3n) is 2.83. The molecule has 0 spiro atoms. The number of hydrogen-bond acceptors (Lipinski definition) is 5. The number of aromatic nitrogens is 3. The Morgan fingerprint density at radius 3 is 2.63 bits per heavy atom. The molecule has 0 bridgehead atoms. The van der Waals surface area contributed by atoms with Crippen molar-refractivity contribution < 1.29 is 4.42 Å². The van der Waals surface area contributed by atoms with Crippen molar-refractivity contribution in [1.29, 1.82) is 0 Å². The molecule has 0 atom stereocenters. The Morgan fingerprint density at radius 2 is 1.89 bits per heavy atom. The number of rotatable bonds is 2. The minimum atomic E-state index is 0.188. The lowest BCUT2D eigenvalue weighted by Gasteiger charge is -2.05. The van der Waals surface area contributed by atoms with Crippen LogP contribution in [0.15, 0.2) is 34.7 Å². The van der Waals surface area contributed by atoms with E-state index < -0.39 is 0 Å². The quantitative estimate of drug-likeness (QED) is 0.760. The molecule has 2 heterocycles. The van der Waals surface area contributed by atoms with Crippen LogP contribution in [0.25, 0.3) is 22.6 Å². The second-order valence-electron chi connectivity index (χ2n) is 4.68. The average Bonchev–Trinajstić information content (AvgIpc) is 2.81. The molecule has 0 radical (unpaired) electrons. The summed E-state index contributed by atoms with van der Waals surface area (Å²) >= 11 is 0. The summed E-state index contributed by atoms with van der Waals surface area (Å²) in [6, 6.07) is 9.69. The summed E-state index contributed by atoms with van der Waals surface area (Å²) in [5, 5.41) is 1.02. The normalized spacial score (nSPS) is 11.3. The van der Waals surface area contributed by atoms with Gasteiger partial charge in [0.25, 0.3) is 0 Å². The van der Waals surface area contributed by atoms with Crippen LogP contribution in [0.5, 0.6) is 0 Å². The van der Waals surface area contributed by atoms with Crippen molar-refractivity contribution in [1.82, 2.24) is 15.0 Å². The highest BCUT2D eigenvalue weighted by molar-refractivity contribution is 5.81. The maximum Gasteiger partial charge on any atom is 0.223 e. The van der Waals surface area contributed by atoms with Crippen molar-refractivity contribution in [2.45, 2.75) is 19.8 Å². The van der Waals surface area contributed by atoms with Gasteiger partial charge < -0.3 is 10.2 Å². The highest BCUT2D eigenvalue weighted by Crippen LogP contribution is 2.26. The standard InChI is InChI=1S/C14H14N4O/c1-8(2)12-16-13(18-14(15)17-12)11-7-9-5-3-4-6-10(9)19-11/h3-8H,1-2H3,(H2,15,16,17,18). The van der Waals surface area contributed by atoms with Crippen molar-refractivity contribution in [2.75, 3.05) is 5.73 Å². The zero-order chi connectivity index (χ0) is 13.4. The van der Waals surface area contributed by atoms with Gasteiger partial charge in [-0.15, -0.1) is 0 Å². The third-order valence-corrected chi connectivity index (χ3v) is 2.83. The third kappa shape index (κ3) is 2.14. The van der Waals surface area contributed by atoms with Crippen LogP contribution in [0.3, 0.4) is 0 Å². The molecule has 5 heteroatoms. The Morgan fingerprint density at radius 1 is 1.11 bits per heavy atom. The van der Waals surface area contributed by atoms with E-state index >= 15 is 0 Å². The molecule has 0 aliphatic carbocycles. The Bertz CT molecular complexity index is 700. The number of fused-ring (bicyclic) bond motifs is 1. The maximum atomic E-state index is 5.74. The zero-order valence-electron chi connectivity index (χ0n) is 10.8. The van der Waals surface area contributed by atoms with E-state index in [-0.39, 0.29) is 11.9 Å². The van der Waals surface area contributed by atoms with E-state index in [1.54, 1.807) is 0 Å². The number of para-hydroxylation sites is 1. The fourth-order valence-electron chi connectivity index (χ4n) is 1.87. The summed E-state index contributed by atoms with van der Waals surface area (Å²) in [5.41, 5.74) is 6.53. The van der Waals surface area contributed by atoms with Gasteiger partial charge in [0.05, 0.1) is 0 Å². The van der Waals surface area contributed by atoms with Crippen molar-refractivity contribution >= 4 is 16.9 Å². The SMILES string of the molecule is CC(C)c1nc(N)nc(-c2cc3ccccc3o2)n1. The molecule has 3 rings (SSSR count). The largest absolute Gasteiger partial charge is 0.453 e. The molecular weight excluding hydrogens is 240 g/mol. The first-order valence-electron chi connectivity index (χ1n) is 6.14. The van der Waals surface area contributed by atoms with E-state index in [0.29, 0.717) is 17.4 Å². The second kappa shape index (κ2) is 4.35. The summed E-state index contributed by atoms with van der Waals surface area (Å²) in [6.45, 7) is 4.02. The molecule has 1 aromatic carbocycles. The minimum absolute atomic E-state index is 0.188. The van der Waals surface area contributed by atoms with Crippen LogP contribution in [0.1, 0.15) is 25.6 Å². The summed E-state index contributed by atoms with van der Waals surface area (Å²) < 4.78 is 5.74. The number of nitrogen functional groups attached to an aromatic ring is 1. The molecule has 0 saturated carbocycles. The zero-order valence-corrected chi connectivity index (χ0v) is 10.8. The Hall–Kier alpha value is -2.43. The topological polar surface area (TPSA) is 77.8 Å². The van der Waals surface area contributed by atoms with E-state index in [4.69, 9.17) is 10.2 Å². The summed E-state index contributed by atoms with van der Waals surface area (Å²) in [5.74, 6) is 2.16. The smallest absolute Gasteiger partial charge is 0.223 e. The van der Waals surface area contributed by atoms with Gasteiger partial charge in [0.1, 0.15) is 11.4 Å². The molecule has 2 aromatic heterocycles. The minimum Gasteiger partial charge on any atom is -0.453 e. The van der Waals surface area contributed by atoms with Gasteiger partial charge in [-0.3, -0.25) is 0 Å². The van der Waals surface area contributed by atoms with Gasteiger partial charge in [0, 0.05) is 11.3 Å². The van der Waals surface area contributed by atoms with E-state index in [1.807, 2.05) is 44.2 Å². The van der Waals surface area contributed by atoms with Gasteiger partial charge in [-0.2, -0.15) is 9.97 Å². The van der Waals surface area contributed by atoms with Gasteiger partial charge >= 0.3 is 0 Å².